The molecule has 0 aliphatic carbocycles. The molecule has 0 aliphatic heterocycles. The number of fused-ring (bicyclic) bond motifs is 1. The highest BCUT2D eigenvalue weighted by Crippen LogP contribution is 2.33. The minimum Gasteiger partial charge on any atom is -0.481 e. The van der Waals surface area contributed by atoms with Crippen LogP contribution < -0.4 is 0 Å². The van der Waals surface area contributed by atoms with E-state index in [1.165, 1.54) is 16.8 Å². The Morgan fingerprint density at radius 1 is 1.15 bits per heavy atom. The predicted molar refractivity (Wildman–Crippen MR) is 91.6 cm³/mol. The largest absolute Gasteiger partial charge is 0.481 e. The van der Waals surface area contributed by atoms with E-state index in [2.05, 4.69) is 5.10 Å². The number of nitrogens with zero attached hydrogens (tertiary/aromatic N) is 2. The van der Waals surface area contributed by atoms with Crippen LogP contribution in [0.3, 0.4) is 0 Å². The summed E-state index contributed by atoms with van der Waals surface area (Å²) in [4.78, 5) is 11.0. The lowest BCUT2D eigenvalue weighted by molar-refractivity contribution is -0.138. The molecule has 3 rings (SSSR count). The van der Waals surface area contributed by atoms with Crippen LogP contribution in [-0.4, -0.2) is 20.9 Å². The monoisotopic (exact) mass is 402 g/mol. The van der Waals surface area contributed by atoms with Crippen molar-refractivity contribution in [3.8, 4) is 0 Å². The first-order chi connectivity index (χ1) is 12.1. The zero-order valence-electron chi connectivity index (χ0n) is 13.0. The lowest BCUT2D eigenvalue weighted by Gasteiger charge is -2.09. The Morgan fingerprint density at radius 3 is 2.50 bits per heavy atom. The van der Waals surface area contributed by atoms with Crippen molar-refractivity contribution in [1.29, 1.82) is 0 Å². The smallest absolute Gasteiger partial charge is 0.416 e. The Hall–Kier alpha value is -2.25. The zero-order chi connectivity index (χ0) is 19.1. The van der Waals surface area contributed by atoms with Crippen LogP contribution in [0, 0.1) is 0 Å². The summed E-state index contributed by atoms with van der Waals surface area (Å²) < 4.78 is 40.4. The molecule has 0 saturated heterocycles. The van der Waals surface area contributed by atoms with Gasteiger partial charge in [0.05, 0.1) is 29.7 Å². The van der Waals surface area contributed by atoms with Gasteiger partial charge in [0.2, 0.25) is 0 Å². The maximum Gasteiger partial charge on any atom is 0.416 e. The van der Waals surface area contributed by atoms with Gasteiger partial charge in [-0.05, 0) is 29.8 Å². The van der Waals surface area contributed by atoms with Crippen molar-refractivity contribution < 1.29 is 23.1 Å². The van der Waals surface area contributed by atoms with E-state index in [-0.39, 0.29) is 17.8 Å². The Labute approximate surface area is 155 Å². The van der Waals surface area contributed by atoms with Gasteiger partial charge in [-0.3, -0.25) is 9.48 Å². The maximum absolute atomic E-state index is 13.0. The second kappa shape index (κ2) is 6.81. The van der Waals surface area contributed by atoms with Crippen LogP contribution in [0.2, 0.25) is 10.0 Å². The first kappa shape index (κ1) is 18.5. The Kier molecular flexibility index (Phi) is 4.86. The summed E-state index contributed by atoms with van der Waals surface area (Å²) in [5, 5.41) is 14.3. The molecule has 26 heavy (non-hydrogen) atoms. The molecular formula is C17H11Cl2F3N2O2. The van der Waals surface area contributed by atoms with E-state index in [0.29, 0.717) is 21.0 Å². The molecule has 0 saturated carbocycles. The molecule has 9 heteroatoms. The normalized spacial score (nSPS) is 11.9. The molecule has 0 unspecified atom stereocenters. The number of hydrogen-bond donors (Lipinski definition) is 1. The Bertz CT molecular complexity index is 1000. The number of rotatable bonds is 4. The summed E-state index contributed by atoms with van der Waals surface area (Å²) in [7, 11) is 0. The number of aromatic nitrogens is 2. The van der Waals surface area contributed by atoms with Gasteiger partial charge in [0.1, 0.15) is 0 Å². The third-order valence-corrected chi connectivity index (χ3v) is 4.40. The predicted octanol–water partition coefficient (Wildman–Crippen LogP) is 5.04. The Balaban J connectivity index is 2.14. The molecule has 0 radical (unpaired) electrons. The number of carboxylic acid groups (broad SMARTS) is 1. The minimum atomic E-state index is -4.52. The van der Waals surface area contributed by atoms with Crippen LogP contribution in [0.5, 0.6) is 0 Å². The molecule has 1 N–H and O–H groups in total. The van der Waals surface area contributed by atoms with Crippen molar-refractivity contribution >= 4 is 40.1 Å². The van der Waals surface area contributed by atoms with E-state index in [0.717, 1.165) is 12.1 Å². The summed E-state index contributed by atoms with van der Waals surface area (Å²) >= 11 is 12.0. The molecule has 3 aromatic rings. The van der Waals surface area contributed by atoms with Crippen LogP contribution >= 0.6 is 23.2 Å². The standard InChI is InChI=1S/C17H11Cl2F3N2O2/c18-11-3-1-9(13(19)6-11)8-24-15-5-10(17(20,21)22)2-4-12(15)14(23-24)7-16(25)26/h1-6H,7-8H2,(H,25,26). The highest BCUT2D eigenvalue weighted by molar-refractivity contribution is 6.35. The van der Waals surface area contributed by atoms with Gasteiger partial charge in [-0.1, -0.05) is 35.3 Å². The average Bonchev–Trinajstić information content (AvgIpc) is 2.86. The van der Waals surface area contributed by atoms with Crippen LogP contribution in [-0.2, 0) is 23.9 Å². The SMILES string of the molecule is O=C(O)Cc1nn(Cc2ccc(Cl)cc2Cl)c2cc(C(F)(F)F)ccc12. The van der Waals surface area contributed by atoms with Crippen LogP contribution in [0.25, 0.3) is 10.9 Å². The number of hydrogen-bond acceptors (Lipinski definition) is 2. The zero-order valence-corrected chi connectivity index (χ0v) is 14.5. The van der Waals surface area contributed by atoms with E-state index < -0.39 is 24.1 Å². The van der Waals surface area contributed by atoms with Crippen LogP contribution in [0.15, 0.2) is 36.4 Å². The number of aliphatic carboxylic acids is 1. The van der Waals surface area contributed by atoms with Gasteiger partial charge < -0.3 is 5.11 Å². The molecule has 1 aromatic heterocycles. The summed E-state index contributed by atoms with van der Waals surface area (Å²) in [5.74, 6) is -1.12. The second-order valence-electron chi connectivity index (χ2n) is 5.64. The first-order valence-corrected chi connectivity index (χ1v) is 8.13. The number of alkyl halides is 3. The lowest BCUT2D eigenvalue weighted by atomic mass is 10.1. The molecule has 0 amide bonds. The van der Waals surface area contributed by atoms with Gasteiger partial charge in [0.15, 0.2) is 0 Å². The topological polar surface area (TPSA) is 55.1 Å². The fraction of sp³-hybridized carbons (Fsp3) is 0.176. The minimum absolute atomic E-state index is 0.0768. The van der Waals surface area contributed by atoms with Gasteiger partial charge in [0, 0.05) is 15.4 Å². The molecule has 4 nitrogen and oxygen atoms in total. The highest BCUT2D eigenvalue weighted by atomic mass is 35.5. The molecule has 0 aliphatic rings. The van der Waals surface area contributed by atoms with Crippen LogP contribution in [0.1, 0.15) is 16.8 Å². The molecule has 136 valence electrons. The van der Waals surface area contributed by atoms with Gasteiger partial charge in [-0.25, -0.2) is 0 Å². The van der Waals surface area contributed by atoms with Crippen molar-refractivity contribution in [2.24, 2.45) is 0 Å². The number of halogens is 5. The van der Waals surface area contributed by atoms with E-state index in [1.54, 1.807) is 12.1 Å². The molecule has 0 spiro atoms. The van der Waals surface area contributed by atoms with Crippen molar-refractivity contribution in [2.75, 3.05) is 0 Å². The summed E-state index contributed by atoms with van der Waals surface area (Å²) in [6, 6.07) is 7.87. The second-order valence-corrected chi connectivity index (χ2v) is 6.48. The molecule has 0 bridgehead atoms. The number of benzene rings is 2. The van der Waals surface area contributed by atoms with E-state index >= 15 is 0 Å². The number of carboxylic acids is 1. The van der Waals surface area contributed by atoms with E-state index in [1.807, 2.05) is 0 Å². The third-order valence-electron chi connectivity index (χ3n) is 3.81. The van der Waals surface area contributed by atoms with Crippen LogP contribution in [0.4, 0.5) is 13.2 Å². The van der Waals surface area contributed by atoms with Crippen molar-refractivity contribution in [2.45, 2.75) is 19.1 Å². The molecule has 0 atom stereocenters. The lowest BCUT2D eigenvalue weighted by Crippen LogP contribution is -2.06. The quantitative estimate of drug-likeness (QED) is 0.665. The number of carbonyl (C=O) groups is 1. The summed E-state index contributed by atoms with van der Waals surface area (Å²) in [6.07, 6.45) is -4.92. The third kappa shape index (κ3) is 3.78. The van der Waals surface area contributed by atoms with Crippen molar-refractivity contribution in [3.05, 3.63) is 63.3 Å². The van der Waals surface area contributed by atoms with E-state index in [9.17, 15) is 18.0 Å². The summed E-state index contributed by atoms with van der Waals surface area (Å²) in [5.41, 5.74) is 0.128. The van der Waals surface area contributed by atoms with Gasteiger partial charge in [-0.15, -0.1) is 0 Å². The van der Waals surface area contributed by atoms with Crippen molar-refractivity contribution in [3.63, 3.8) is 0 Å². The van der Waals surface area contributed by atoms with Gasteiger partial charge >= 0.3 is 12.1 Å². The molecule has 1 heterocycles. The molecule has 2 aromatic carbocycles. The van der Waals surface area contributed by atoms with Crippen molar-refractivity contribution in [1.82, 2.24) is 9.78 Å². The Morgan fingerprint density at radius 2 is 1.88 bits per heavy atom. The summed E-state index contributed by atoms with van der Waals surface area (Å²) in [6.45, 7) is 0.0768. The fourth-order valence-electron chi connectivity index (χ4n) is 2.62. The average molecular weight is 403 g/mol. The van der Waals surface area contributed by atoms with Gasteiger partial charge in [-0.2, -0.15) is 18.3 Å². The molecular weight excluding hydrogens is 392 g/mol. The molecule has 0 fully saturated rings. The first-order valence-electron chi connectivity index (χ1n) is 7.37. The van der Waals surface area contributed by atoms with Gasteiger partial charge in [0.25, 0.3) is 0 Å². The highest BCUT2D eigenvalue weighted by Gasteiger charge is 2.31. The van der Waals surface area contributed by atoms with E-state index in [4.69, 9.17) is 28.3 Å². The fourth-order valence-corrected chi connectivity index (χ4v) is 3.09. The maximum atomic E-state index is 13.0.